The second-order valence-electron chi connectivity index (χ2n) is 9.69. The first-order valence-electron chi connectivity index (χ1n) is 12.3. The van der Waals surface area contributed by atoms with Gasteiger partial charge in [-0.3, -0.25) is 29.0 Å². The third-order valence-corrected chi connectivity index (χ3v) is 7.74. The molecule has 6 rings (SSSR count). The van der Waals surface area contributed by atoms with Crippen molar-refractivity contribution in [3.63, 3.8) is 0 Å². The summed E-state index contributed by atoms with van der Waals surface area (Å²) in [5.41, 5.74) is 1.57. The van der Waals surface area contributed by atoms with E-state index in [0.29, 0.717) is 59.2 Å². The van der Waals surface area contributed by atoms with E-state index in [1.807, 2.05) is 0 Å². The van der Waals surface area contributed by atoms with Crippen molar-refractivity contribution in [2.75, 3.05) is 52.4 Å². The number of amides is 4. The van der Waals surface area contributed by atoms with Gasteiger partial charge in [0.25, 0.3) is 23.6 Å². The molecule has 0 N–H and O–H groups in total. The first kappa shape index (κ1) is 21.4. The van der Waals surface area contributed by atoms with E-state index < -0.39 is 0 Å². The molecule has 0 atom stereocenters. The van der Waals surface area contributed by atoms with Crippen LogP contribution in [0.4, 0.5) is 0 Å². The minimum absolute atomic E-state index is 0.338. The van der Waals surface area contributed by atoms with Crippen LogP contribution in [0.15, 0.2) is 24.3 Å². The van der Waals surface area contributed by atoms with Gasteiger partial charge in [0.1, 0.15) is 0 Å². The Hall–Kier alpha value is -3.10. The van der Waals surface area contributed by atoms with Crippen LogP contribution in [0, 0.1) is 0 Å². The van der Waals surface area contributed by atoms with Crippen molar-refractivity contribution in [3.05, 3.63) is 46.5 Å². The van der Waals surface area contributed by atoms with E-state index in [1.165, 1.54) is 9.80 Å². The van der Waals surface area contributed by atoms with Crippen LogP contribution in [-0.4, -0.2) is 95.6 Å². The molecular formula is C26H28N4O4. The monoisotopic (exact) mass is 460 g/mol. The maximum atomic E-state index is 13.3. The summed E-state index contributed by atoms with van der Waals surface area (Å²) in [7, 11) is 0. The van der Waals surface area contributed by atoms with Crippen molar-refractivity contribution in [1.29, 1.82) is 0 Å². The molecule has 8 heteroatoms. The number of rotatable bonds is 6. The summed E-state index contributed by atoms with van der Waals surface area (Å²) in [5, 5.41) is 0.895. The Balaban J connectivity index is 1.34. The molecular weight excluding hydrogens is 432 g/mol. The molecule has 4 aliphatic heterocycles. The normalized spacial score (nSPS) is 20.9. The molecule has 0 radical (unpaired) electrons. The Bertz CT molecular complexity index is 1060. The van der Waals surface area contributed by atoms with Crippen LogP contribution < -0.4 is 0 Å². The minimum Gasteiger partial charge on any atom is -0.302 e. The van der Waals surface area contributed by atoms with E-state index >= 15 is 0 Å². The van der Waals surface area contributed by atoms with E-state index in [-0.39, 0.29) is 23.6 Å². The van der Waals surface area contributed by atoms with Gasteiger partial charge in [-0.05, 0) is 76.1 Å². The molecule has 0 aromatic heterocycles. The molecule has 8 nitrogen and oxygen atoms in total. The molecule has 0 spiro atoms. The van der Waals surface area contributed by atoms with Gasteiger partial charge in [0.05, 0.1) is 0 Å². The van der Waals surface area contributed by atoms with Crippen LogP contribution in [0.2, 0.25) is 0 Å². The number of hydrogen-bond acceptors (Lipinski definition) is 6. The van der Waals surface area contributed by atoms with Gasteiger partial charge in [-0.15, -0.1) is 0 Å². The van der Waals surface area contributed by atoms with Crippen molar-refractivity contribution in [2.24, 2.45) is 0 Å². The van der Waals surface area contributed by atoms with Crippen molar-refractivity contribution in [3.8, 4) is 0 Å². The van der Waals surface area contributed by atoms with Crippen LogP contribution >= 0.6 is 0 Å². The fraction of sp³-hybridized carbons (Fsp3) is 0.462. The summed E-state index contributed by atoms with van der Waals surface area (Å²) in [5.74, 6) is -1.40. The average Bonchev–Trinajstić information content (AvgIpc) is 3.55. The largest absolute Gasteiger partial charge is 0.302 e. The number of likely N-dealkylation sites (tertiary alicyclic amines) is 2. The summed E-state index contributed by atoms with van der Waals surface area (Å²) >= 11 is 0. The lowest BCUT2D eigenvalue weighted by Crippen LogP contribution is -2.46. The third kappa shape index (κ3) is 3.27. The number of hydrogen-bond donors (Lipinski definition) is 0. The average molecular weight is 461 g/mol. The van der Waals surface area contributed by atoms with Crippen LogP contribution in [0.5, 0.6) is 0 Å². The highest BCUT2D eigenvalue weighted by molar-refractivity contribution is 6.33. The highest BCUT2D eigenvalue weighted by Gasteiger charge is 2.39. The Kier molecular flexibility index (Phi) is 5.22. The van der Waals surface area contributed by atoms with E-state index in [9.17, 15) is 19.2 Å². The SMILES string of the molecule is O=C1c2ccc3c4c(ccc(c24)C(=O)N1CCN1CCCC1)C(=O)N(CCN1CCCC1)C3=O. The lowest BCUT2D eigenvalue weighted by atomic mass is 9.86. The van der Waals surface area contributed by atoms with Gasteiger partial charge in [-0.25, -0.2) is 0 Å². The second kappa shape index (κ2) is 8.29. The van der Waals surface area contributed by atoms with E-state index in [2.05, 4.69) is 9.80 Å². The molecule has 4 heterocycles. The summed E-state index contributed by atoms with van der Waals surface area (Å²) in [4.78, 5) is 60.5. The molecule has 2 aromatic rings. The number of carbonyl (C=O) groups is 4. The molecule has 4 aliphatic rings. The van der Waals surface area contributed by atoms with Crippen molar-refractivity contribution >= 4 is 34.4 Å². The van der Waals surface area contributed by atoms with Crippen LogP contribution in [-0.2, 0) is 0 Å². The first-order valence-corrected chi connectivity index (χ1v) is 12.3. The molecule has 0 unspecified atom stereocenters. The van der Waals surface area contributed by atoms with Gasteiger partial charge in [0.2, 0.25) is 0 Å². The van der Waals surface area contributed by atoms with Gasteiger partial charge in [0, 0.05) is 59.2 Å². The summed E-state index contributed by atoms with van der Waals surface area (Å²) in [6.45, 7) is 5.97. The predicted molar refractivity (Wildman–Crippen MR) is 126 cm³/mol. The molecule has 176 valence electrons. The third-order valence-electron chi connectivity index (χ3n) is 7.74. The number of benzene rings is 2. The molecule has 4 amide bonds. The van der Waals surface area contributed by atoms with Crippen molar-refractivity contribution in [2.45, 2.75) is 25.7 Å². The Morgan fingerprint density at radius 2 is 0.765 bits per heavy atom. The van der Waals surface area contributed by atoms with E-state index in [0.717, 1.165) is 51.9 Å². The van der Waals surface area contributed by atoms with Gasteiger partial charge in [-0.1, -0.05) is 0 Å². The highest BCUT2D eigenvalue weighted by Crippen LogP contribution is 2.37. The van der Waals surface area contributed by atoms with Crippen LogP contribution in [0.25, 0.3) is 10.8 Å². The zero-order valence-electron chi connectivity index (χ0n) is 19.2. The van der Waals surface area contributed by atoms with Crippen LogP contribution in [0.3, 0.4) is 0 Å². The molecule has 2 fully saturated rings. The maximum Gasteiger partial charge on any atom is 0.261 e. The van der Waals surface area contributed by atoms with Crippen LogP contribution in [0.1, 0.15) is 67.1 Å². The topological polar surface area (TPSA) is 81.2 Å². The Labute approximate surface area is 198 Å². The number of nitrogens with zero attached hydrogens (tertiary/aromatic N) is 4. The number of imide groups is 2. The fourth-order valence-corrected chi connectivity index (χ4v) is 5.88. The number of carbonyl (C=O) groups excluding carboxylic acids is 4. The van der Waals surface area contributed by atoms with Gasteiger partial charge in [0.15, 0.2) is 0 Å². The summed E-state index contributed by atoms with van der Waals surface area (Å²) in [6.07, 6.45) is 4.58. The molecule has 0 bridgehead atoms. The summed E-state index contributed by atoms with van der Waals surface area (Å²) < 4.78 is 0. The molecule has 2 saturated heterocycles. The van der Waals surface area contributed by atoms with E-state index in [1.54, 1.807) is 24.3 Å². The van der Waals surface area contributed by atoms with Gasteiger partial charge < -0.3 is 9.80 Å². The standard InChI is InChI=1S/C26H28N4O4/c31-23-17-5-7-19-22-20(26(34)30(25(19)33)16-14-28-11-3-4-12-28)8-6-18(21(17)22)24(32)29(23)15-13-27-9-1-2-10-27/h5-8H,1-4,9-16H2. The van der Waals surface area contributed by atoms with E-state index in [4.69, 9.17) is 0 Å². The predicted octanol–water partition coefficient (Wildman–Crippen LogP) is 2.22. The second-order valence-corrected chi connectivity index (χ2v) is 9.69. The lowest BCUT2D eigenvalue weighted by molar-refractivity contribution is 0.0575. The lowest BCUT2D eigenvalue weighted by Gasteiger charge is -2.33. The molecule has 2 aromatic carbocycles. The van der Waals surface area contributed by atoms with Gasteiger partial charge >= 0.3 is 0 Å². The smallest absolute Gasteiger partial charge is 0.261 e. The van der Waals surface area contributed by atoms with Crippen molar-refractivity contribution in [1.82, 2.24) is 19.6 Å². The Morgan fingerprint density at radius 1 is 0.471 bits per heavy atom. The quantitative estimate of drug-likeness (QED) is 0.615. The zero-order valence-corrected chi connectivity index (χ0v) is 19.2. The molecule has 0 saturated carbocycles. The maximum absolute atomic E-state index is 13.3. The minimum atomic E-state index is -0.350. The van der Waals surface area contributed by atoms with Crippen molar-refractivity contribution < 1.29 is 19.2 Å². The molecule has 34 heavy (non-hydrogen) atoms. The van der Waals surface area contributed by atoms with Gasteiger partial charge in [-0.2, -0.15) is 0 Å². The zero-order chi connectivity index (χ0) is 23.4. The Morgan fingerprint density at radius 3 is 1.06 bits per heavy atom. The fourth-order valence-electron chi connectivity index (χ4n) is 5.88. The highest BCUT2D eigenvalue weighted by atomic mass is 16.2. The summed E-state index contributed by atoms with van der Waals surface area (Å²) in [6, 6.07) is 6.59. The molecule has 0 aliphatic carbocycles. The first-order chi connectivity index (χ1) is 16.5.